The first-order chi connectivity index (χ1) is 7.77. The highest BCUT2D eigenvalue weighted by Gasteiger charge is 2.16. The minimum Gasteiger partial charge on any atom is -0.483 e. The van der Waals surface area contributed by atoms with Gasteiger partial charge < -0.3 is 9.47 Å². The zero-order valence-corrected chi connectivity index (χ0v) is 11.1. The maximum Gasteiger partial charge on any atom is 0.260 e. The Morgan fingerprint density at radius 2 is 1.44 bits per heavy atom. The molecule has 0 radical (unpaired) electrons. The van der Waals surface area contributed by atoms with Crippen LogP contribution in [-0.4, -0.2) is 23.2 Å². The summed E-state index contributed by atoms with van der Waals surface area (Å²) in [5.74, 6) is 1.98. The van der Waals surface area contributed by atoms with Crippen molar-refractivity contribution >= 4 is 0 Å². The van der Waals surface area contributed by atoms with E-state index in [1.54, 1.807) is 0 Å². The molecule has 0 saturated carbocycles. The molecule has 2 heterocycles. The Morgan fingerprint density at radius 1 is 0.875 bits per heavy atom. The molecule has 1 aromatic rings. The van der Waals surface area contributed by atoms with Crippen molar-refractivity contribution < 1.29 is 9.47 Å². The summed E-state index contributed by atoms with van der Waals surface area (Å²) in [6.07, 6.45) is 0. The number of fused-ring (bicyclic) bond motifs is 1. The molecule has 0 saturated heterocycles. The first-order valence-corrected chi connectivity index (χ1v) is 5.88. The predicted octanol–water partition coefficient (Wildman–Crippen LogP) is 2.92. The van der Waals surface area contributed by atoms with Crippen molar-refractivity contribution in [2.24, 2.45) is 0 Å². The van der Waals surface area contributed by atoms with E-state index in [1.165, 1.54) is 0 Å². The van der Waals surface area contributed by atoms with Crippen molar-refractivity contribution in [1.82, 2.24) is 9.97 Å². The quantitative estimate of drug-likeness (QED) is 0.682. The van der Waals surface area contributed by atoms with E-state index in [4.69, 9.17) is 9.47 Å². The molecule has 0 bridgehead atoms. The Hall–Kier alpha value is -1.32. The molecule has 4 heteroatoms. The largest absolute Gasteiger partial charge is 0.483 e. The lowest BCUT2D eigenvalue weighted by Gasteiger charge is -2.18. The van der Waals surface area contributed by atoms with Crippen LogP contribution in [0.3, 0.4) is 0 Å². The third-order valence-corrected chi connectivity index (χ3v) is 1.68. The molecule has 0 N–H and O–H groups in total. The van der Waals surface area contributed by atoms with Gasteiger partial charge in [-0.1, -0.05) is 27.7 Å². The highest BCUT2D eigenvalue weighted by Crippen LogP contribution is 2.29. The fourth-order valence-electron chi connectivity index (χ4n) is 1.22. The van der Waals surface area contributed by atoms with Crippen LogP contribution in [0, 0.1) is 13.8 Å². The van der Waals surface area contributed by atoms with Crippen LogP contribution in [0.25, 0.3) is 0 Å². The number of aryl methyl sites for hydroxylation is 2. The second-order valence-electron chi connectivity index (χ2n) is 2.69. The van der Waals surface area contributed by atoms with E-state index < -0.39 is 0 Å². The summed E-state index contributed by atoms with van der Waals surface area (Å²) in [4.78, 5) is 8.29. The summed E-state index contributed by atoms with van der Waals surface area (Å²) in [6, 6.07) is 0. The summed E-state index contributed by atoms with van der Waals surface area (Å²) in [6.45, 7) is 12.9. The van der Waals surface area contributed by atoms with Gasteiger partial charge in [0.2, 0.25) is 5.75 Å². The molecular formula is C12H22N2O2. The maximum absolute atomic E-state index is 5.36. The van der Waals surface area contributed by atoms with Crippen molar-refractivity contribution in [3.63, 3.8) is 0 Å². The highest BCUT2D eigenvalue weighted by atomic mass is 16.6. The summed E-state index contributed by atoms with van der Waals surface area (Å²) < 4.78 is 10.7. The second kappa shape index (κ2) is 7.91. The third kappa shape index (κ3) is 3.68. The molecule has 0 unspecified atom stereocenters. The van der Waals surface area contributed by atoms with Gasteiger partial charge in [-0.3, -0.25) is 0 Å². The van der Waals surface area contributed by atoms with Crippen molar-refractivity contribution in [1.29, 1.82) is 0 Å². The van der Waals surface area contributed by atoms with Gasteiger partial charge in [-0.15, -0.1) is 0 Å². The molecule has 1 aliphatic rings. The summed E-state index contributed by atoms with van der Waals surface area (Å²) in [5.41, 5.74) is 0.845. The molecule has 2 rings (SSSR count). The van der Waals surface area contributed by atoms with Crippen LogP contribution in [0.1, 0.15) is 39.2 Å². The number of nitrogens with zero attached hydrogens (tertiary/aromatic N) is 2. The SMILES string of the molecule is CC.CC.Cc1nc(C)c2c(n1)OCCO2. The molecule has 1 aliphatic heterocycles. The van der Waals surface area contributed by atoms with Crippen molar-refractivity contribution in [2.75, 3.05) is 13.2 Å². The Balaban J connectivity index is 0.000000509. The minimum atomic E-state index is 0.572. The molecule has 1 aromatic heterocycles. The Kier molecular flexibility index (Phi) is 7.25. The normalized spacial score (nSPS) is 11.6. The van der Waals surface area contributed by atoms with Gasteiger partial charge >= 0.3 is 0 Å². The van der Waals surface area contributed by atoms with Crippen LogP contribution < -0.4 is 9.47 Å². The first-order valence-electron chi connectivity index (χ1n) is 5.88. The van der Waals surface area contributed by atoms with Crippen molar-refractivity contribution in [3.8, 4) is 11.6 Å². The van der Waals surface area contributed by atoms with Crippen molar-refractivity contribution in [2.45, 2.75) is 41.5 Å². The van der Waals surface area contributed by atoms with Gasteiger partial charge in [0.1, 0.15) is 19.0 Å². The zero-order chi connectivity index (χ0) is 12.6. The lowest BCUT2D eigenvalue weighted by Crippen LogP contribution is -2.18. The third-order valence-electron chi connectivity index (χ3n) is 1.68. The van der Waals surface area contributed by atoms with Crippen molar-refractivity contribution in [3.05, 3.63) is 11.5 Å². The van der Waals surface area contributed by atoms with E-state index in [2.05, 4.69) is 9.97 Å². The molecule has 4 nitrogen and oxygen atoms in total. The van der Waals surface area contributed by atoms with Crippen LogP contribution >= 0.6 is 0 Å². The number of rotatable bonds is 0. The molecule has 0 aromatic carbocycles. The van der Waals surface area contributed by atoms with Gasteiger partial charge in [-0.25, -0.2) is 4.98 Å². The molecule has 0 fully saturated rings. The zero-order valence-electron chi connectivity index (χ0n) is 11.1. The predicted molar refractivity (Wildman–Crippen MR) is 65.2 cm³/mol. The lowest BCUT2D eigenvalue weighted by atomic mass is 10.3. The average Bonchev–Trinajstić information content (AvgIpc) is 2.34. The minimum absolute atomic E-state index is 0.572. The summed E-state index contributed by atoms with van der Waals surface area (Å²) in [7, 11) is 0. The van der Waals surface area contributed by atoms with E-state index in [0.717, 1.165) is 11.5 Å². The fourth-order valence-corrected chi connectivity index (χ4v) is 1.22. The number of hydrogen-bond donors (Lipinski definition) is 0. The molecule has 0 amide bonds. The number of hydrogen-bond acceptors (Lipinski definition) is 4. The standard InChI is InChI=1S/C8H10N2O2.2C2H6/c1-5-7-8(10-6(2)9-5)12-4-3-11-7;2*1-2/h3-4H2,1-2H3;2*1-2H3. The van der Waals surface area contributed by atoms with Gasteiger partial charge in [0.25, 0.3) is 5.88 Å². The summed E-state index contributed by atoms with van der Waals surface area (Å²) in [5, 5.41) is 0. The molecular weight excluding hydrogens is 204 g/mol. The van der Waals surface area contributed by atoms with Crippen LogP contribution in [0.2, 0.25) is 0 Å². The second-order valence-corrected chi connectivity index (χ2v) is 2.69. The molecule has 0 spiro atoms. The first kappa shape index (κ1) is 14.7. The maximum atomic E-state index is 5.36. The van der Waals surface area contributed by atoms with Crippen LogP contribution in [0.5, 0.6) is 11.6 Å². The topological polar surface area (TPSA) is 44.2 Å². The molecule has 16 heavy (non-hydrogen) atoms. The Morgan fingerprint density at radius 3 is 2.06 bits per heavy atom. The monoisotopic (exact) mass is 226 g/mol. The van der Waals surface area contributed by atoms with Crippen LogP contribution in [0.4, 0.5) is 0 Å². The van der Waals surface area contributed by atoms with Gasteiger partial charge in [0.05, 0.1) is 5.69 Å². The number of aromatic nitrogens is 2. The Labute approximate surface area is 98.0 Å². The van der Waals surface area contributed by atoms with E-state index in [0.29, 0.717) is 24.8 Å². The van der Waals surface area contributed by atoms with Gasteiger partial charge in [0.15, 0.2) is 0 Å². The van der Waals surface area contributed by atoms with Gasteiger partial charge in [-0.05, 0) is 13.8 Å². The molecule has 92 valence electrons. The van der Waals surface area contributed by atoms with E-state index in [-0.39, 0.29) is 0 Å². The average molecular weight is 226 g/mol. The van der Waals surface area contributed by atoms with Gasteiger partial charge in [-0.2, -0.15) is 4.98 Å². The summed E-state index contributed by atoms with van der Waals surface area (Å²) >= 11 is 0. The highest BCUT2D eigenvalue weighted by molar-refractivity contribution is 5.38. The van der Waals surface area contributed by atoms with Crippen LogP contribution in [0.15, 0.2) is 0 Å². The Bertz CT molecular complexity index is 314. The van der Waals surface area contributed by atoms with Gasteiger partial charge in [0, 0.05) is 0 Å². The number of ether oxygens (including phenoxy) is 2. The smallest absolute Gasteiger partial charge is 0.260 e. The van der Waals surface area contributed by atoms with E-state index in [9.17, 15) is 0 Å². The fraction of sp³-hybridized carbons (Fsp3) is 0.667. The van der Waals surface area contributed by atoms with E-state index >= 15 is 0 Å². The van der Waals surface area contributed by atoms with E-state index in [1.807, 2.05) is 41.5 Å². The lowest BCUT2D eigenvalue weighted by molar-refractivity contribution is 0.161. The molecule has 0 atom stereocenters. The van der Waals surface area contributed by atoms with Crippen LogP contribution in [-0.2, 0) is 0 Å². The molecule has 0 aliphatic carbocycles.